The van der Waals surface area contributed by atoms with Crippen LogP contribution in [0.2, 0.25) is 0 Å². The lowest BCUT2D eigenvalue weighted by Crippen LogP contribution is -2.24. The molecule has 5 aliphatic carbocycles. The molecule has 0 amide bonds. The second kappa shape index (κ2) is 11.4. The molecule has 0 spiro atoms. The van der Waals surface area contributed by atoms with Crippen molar-refractivity contribution in [1.82, 2.24) is 9.55 Å². The zero-order chi connectivity index (χ0) is 35.5. The molecule has 0 radical (unpaired) electrons. The van der Waals surface area contributed by atoms with E-state index in [2.05, 4.69) is 156 Å². The third-order valence-corrected chi connectivity index (χ3v) is 12.9. The maximum atomic E-state index is 5.15. The van der Waals surface area contributed by atoms with Crippen molar-refractivity contribution >= 4 is 50.2 Å². The van der Waals surface area contributed by atoms with Crippen molar-refractivity contribution in [3.8, 4) is 5.69 Å². The molecule has 3 unspecified atom stereocenters. The first-order valence-corrected chi connectivity index (χ1v) is 19.6. The molecule has 1 aliphatic heterocycles. The number of rotatable bonds is 3. The third-order valence-electron chi connectivity index (χ3n) is 12.9. The van der Waals surface area contributed by atoms with E-state index in [4.69, 9.17) is 4.98 Å². The van der Waals surface area contributed by atoms with Gasteiger partial charge in [0, 0.05) is 40.1 Å². The van der Waals surface area contributed by atoms with Crippen LogP contribution in [-0.4, -0.2) is 9.55 Å². The number of nitrogens with zero attached hydrogens (tertiary/aromatic N) is 2. The van der Waals surface area contributed by atoms with E-state index in [9.17, 15) is 0 Å². The molecule has 6 aromatic rings. The standard InChI is InChI=1S/C51H39N3/c1-30-44(31-15-4-2-5-16-31)49(32-17-6-3-7-18-32)53-50-43(27-28-52-48(30)50)54-42-26-13-12-23-39(42)47-46-37-25-14-24-34-33-19-8-9-20-35(33)41(29-40(34)37)45(46)36-21-10-11-22-38(36)51(47)54/h3-4,6-12,14-25,27-29,37,40,49,53H,2,5,13,26H2,1H3. The molecule has 54 heavy (non-hydrogen) atoms. The molecule has 3 heteroatoms. The number of nitrogens with one attached hydrogen (secondary N) is 1. The van der Waals surface area contributed by atoms with E-state index >= 15 is 0 Å². The van der Waals surface area contributed by atoms with Crippen LogP contribution in [0.1, 0.15) is 82.9 Å². The van der Waals surface area contributed by atoms with Gasteiger partial charge in [0.25, 0.3) is 0 Å². The van der Waals surface area contributed by atoms with E-state index in [1.807, 2.05) is 6.20 Å². The molecule has 3 atom stereocenters. The lowest BCUT2D eigenvalue weighted by molar-refractivity contribution is 0.707. The van der Waals surface area contributed by atoms with Gasteiger partial charge in [0.1, 0.15) is 0 Å². The van der Waals surface area contributed by atoms with E-state index < -0.39 is 0 Å². The monoisotopic (exact) mass is 693 g/mol. The quantitative estimate of drug-likeness (QED) is 0.200. The van der Waals surface area contributed by atoms with Gasteiger partial charge in [-0.15, -0.1) is 0 Å². The van der Waals surface area contributed by atoms with Gasteiger partial charge in [-0.2, -0.15) is 0 Å². The van der Waals surface area contributed by atoms with Crippen LogP contribution in [-0.2, 0) is 6.42 Å². The Morgan fingerprint density at radius 1 is 0.796 bits per heavy atom. The fraction of sp³-hybridized carbons (Fsp3) is 0.157. The molecule has 3 heterocycles. The van der Waals surface area contributed by atoms with Gasteiger partial charge in [-0.1, -0.05) is 134 Å². The average molecular weight is 694 g/mol. The average Bonchev–Trinajstić information content (AvgIpc) is 3.59. The summed E-state index contributed by atoms with van der Waals surface area (Å²) in [5, 5.41) is 8.19. The number of fused-ring (bicyclic) bond motifs is 14. The van der Waals surface area contributed by atoms with Gasteiger partial charge in [-0.3, -0.25) is 4.98 Å². The molecule has 1 N–H and O–H groups in total. The zero-order valence-electron chi connectivity index (χ0n) is 30.3. The van der Waals surface area contributed by atoms with Gasteiger partial charge in [-0.25, -0.2) is 0 Å². The molecule has 3 nitrogen and oxygen atoms in total. The summed E-state index contributed by atoms with van der Waals surface area (Å²) in [6.45, 7) is 2.29. The second-order valence-corrected chi connectivity index (χ2v) is 15.6. The highest BCUT2D eigenvalue weighted by Crippen LogP contribution is 2.58. The summed E-state index contributed by atoms with van der Waals surface area (Å²) in [4.78, 5) is 5.15. The Morgan fingerprint density at radius 2 is 1.61 bits per heavy atom. The van der Waals surface area contributed by atoms with E-state index in [-0.39, 0.29) is 12.0 Å². The van der Waals surface area contributed by atoms with Crippen LogP contribution in [0.5, 0.6) is 0 Å². The molecule has 4 aromatic carbocycles. The highest BCUT2D eigenvalue weighted by atomic mass is 15.1. The Morgan fingerprint density at radius 3 is 2.48 bits per heavy atom. The topological polar surface area (TPSA) is 29.9 Å². The van der Waals surface area contributed by atoms with Crippen LogP contribution in [0.4, 0.5) is 5.69 Å². The Kier molecular flexibility index (Phi) is 6.40. The maximum absolute atomic E-state index is 5.15. The smallest absolute Gasteiger partial charge is 0.0915 e. The summed E-state index contributed by atoms with van der Waals surface area (Å²) in [5.74, 6) is 0.579. The van der Waals surface area contributed by atoms with Gasteiger partial charge < -0.3 is 9.88 Å². The van der Waals surface area contributed by atoms with Crippen LogP contribution in [0.15, 0.2) is 151 Å². The van der Waals surface area contributed by atoms with Crippen LogP contribution in [0.3, 0.4) is 0 Å². The summed E-state index contributed by atoms with van der Waals surface area (Å²) in [6, 6.07) is 31.5. The first kappa shape index (κ1) is 30.3. The van der Waals surface area contributed by atoms with Crippen LogP contribution in [0.25, 0.3) is 50.2 Å². The lowest BCUT2D eigenvalue weighted by Gasteiger charge is -2.40. The number of aromatic nitrogens is 2. The van der Waals surface area contributed by atoms with Crippen LogP contribution in [0, 0.1) is 5.92 Å². The van der Waals surface area contributed by atoms with Crippen molar-refractivity contribution < 1.29 is 0 Å². The number of pyridine rings is 1. The van der Waals surface area contributed by atoms with Gasteiger partial charge in [0.2, 0.25) is 0 Å². The van der Waals surface area contributed by atoms with Crippen molar-refractivity contribution in [2.24, 2.45) is 5.92 Å². The Bertz CT molecular complexity index is 2870. The van der Waals surface area contributed by atoms with E-state index in [0.29, 0.717) is 5.92 Å². The van der Waals surface area contributed by atoms with Gasteiger partial charge in [0.15, 0.2) is 0 Å². The summed E-state index contributed by atoms with van der Waals surface area (Å²) in [6.07, 6.45) is 27.8. The van der Waals surface area contributed by atoms with E-state index in [1.165, 1.54) is 94.3 Å². The van der Waals surface area contributed by atoms with Crippen LogP contribution < -0.4 is 5.32 Å². The molecular formula is C51H39N3. The van der Waals surface area contributed by atoms with Crippen molar-refractivity contribution in [1.29, 1.82) is 0 Å². The zero-order valence-corrected chi connectivity index (χ0v) is 30.3. The predicted molar refractivity (Wildman–Crippen MR) is 225 cm³/mol. The summed E-state index contributed by atoms with van der Waals surface area (Å²) in [7, 11) is 0. The highest BCUT2D eigenvalue weighted by Gasteiger charge is 2.41. The molecule has 0 fully saturated rings. The SMILES string of the molecule is CC1=C(C2=CCCC=C2)C(c2ccccc2)Nc2c(-n3c4c(c5c6c(c7ccccc7c53)C3=CC5C(=CC=CC65)c5ccccc53)C=CCC4)ccnc21. The molecular weight excluding hydrogens is 655 g/mol. The fourth-order valence-electron chi connectivity index (χ4n) is 10.7. The molecule has 258 valence electrons. The predicted octanol–water partition coefficient (Wildman–Crippen LogP) is 12.5. The molecule has 0 saturated carbocycles. The summed E-state index contributed by atoms with van der Waals surface area (Å²) in [5.41, 5.74) is 21.0. The number of hydrogen-bond acceptors (Lipinski definition) is 2. The first-order valence-electron chi connectivity index (χ1n) is 19.6. The Balaban J connectivity index is 1.19. The normalized spacial score (nSPS) is 21.5. The fourth-order valence-corrected chi connectivity index (χ4v) is 10.7. The number of allylic oxidation sites excluding steroid dienone is 10. The minimum absolute atomic E-state index is 0.00154. The second-order valence-electron chi connectivity index (χ2n) is 15.6. The highest BCUT2D eigenvalue weighted by molar-refractivity contribution is 6.19. The Hall–Kier alpha value is -6.19. The van der Waals surface area contributed by atoms with Crippen molar-refractivity contribution in [2.45, 2.75) is 44.6 Å². The lowest BCUT2D eigenvalue weighted by atomic mass is 9.63. The van der Waals surface area contributed by atoms with Crippen molar-refractivity contribution in [3.63, 3.8) is 0 Å². The molecule has 2 aromatic heterocycles. The minimum atomic E-state index is 0.00154. The molecule has 12 rings (SSSR count). The molecule has 0 saturated heterocycles. The summed E-state index contributed by atoms with van der Waals surface area (Å²) < 4.78 is 2.64. The van der Waals surface area contributed by atoms with Gasteiger partial charge >= 0.3 is 0 Å². The minimum Gasteiger partial charge on any atom is -0.371 e. The van der Waals surface area contributed by atoms with Crippen molar-refractivity contribution in [3.05, 3.63) is 196 Å². The number of benzene rings is 4. The van der Waals surface area contributed by atoms with Crippen LogP contribution >= 0.6 is 0 Å². The third kappa shape index (κ3) is 4.04. The summed E-state index contributed by atoms with van der Waals surface area (Å²) >= 11 is 0. The molecule has 2 bridgehead atoms. The molecule has 6 aliphatic rings. The number of anilines is 1. The number of hydrogen-bond donors (Lipinski definition) is 1. The maximum Gasteiger partial charge on any atom is 0.0915 e. The first-order chi connectivity index (χ1) is 26.8. The van der Waals surface area contributed by atoms with Gasteiger partial charge in [-0.05, 0) is 99.7 Å². The van der Waals surface area contributed by atoms with Crippen molar-refractivity contribution in [2.75, 3.05) is 5.32 Å². The van der Waals surface area contributed by atoms with E-state index in [0.717, 1.165) is 37.1 Å². The van der Waals surface area contributed by atoms with Gasteiger partial charge in [0.05, 0.1) is 28.6 Å². The van der Waals surface area contributed by atoms with E-state index in [1.54, 1.807) is 0 Å². The largest absolute Gasteiger partial charge is 0.371 e. The Labute approximate surface area is 315 Å².